The number of carbonyl (C=O) groups excluding carboxylic acids is 1. The van der Waals surface area contributed by atoms with Crippen LogP contribution in [0.4, 0.5) is 0 Å². The van der Waals surface area contributed by atoms with Crippen LogP contribution in [-0.2, 0) is 4.79 Å². The van der Waals surface area contributed by atoms with Crippen LogP contribution in [0.25, 0.3) is 0 Å². The van der Waals surface area contributed by atoms with Crippen molar-refractivity contribution in [3.63, 3.8) is 0 Å². The lowest BCUT2D eigenvalue weighted by molar-refractivity contribution is -0.123. The zero-order valence-corrected chi connectivity index (χ0v) is 10.6. The Balaban J connectivity index is 3.83. The second-order valence-corrected chi connectivity index (χ2v) is 5.97. The molecule has 0 aromatic heterocycles. The van der Waals surface area contributed by atoms with E-state index >= 15 is 0 Å². The van der Waals surface area contributed by atoms with Crippen LogP contribution in [0.1, 0.15) is 47.5 Å². The Labute approximate surface area is 92.4 Å². The number of hydrogen-bond acceptors (Lipinski definition) is 1. The number of carbonyl (C=O) groups is 1. The number of alkyl halides is 1. The summed E-state index contributed by atoms with van der Waals surface area (Å²) in [7, 11) is 0. The van der Waals surface area contributed by atoms with Gasteiger partial charge in [0.2, 0.25) is 5.91 Å². The molecular formula is C11H22ClNO. The van der Waals surface area contributed by atoms with Crippen molar-refractivity contribution >= 4 is 17.5 Å². The molecule has 0 aliphatic heterocycles. The van der Waals surface area contributed by atoms with E-state index < -0.39 is 0 Å². The number of rotatable bonds is 4. The van der Waals surface area contributed by atoms with Gasteiger partial charge in [0, 0.05) is 17.8 Å². The highest BCUT2D eigenvalue weighted by Gasteiger charge is 2.17. The maximum absolute atomic E-state index is 11.5. The fourth-order valence-corrected chi connectivity index (χ4v) is 1.62. The quantitative estimate of drug-likeness (QED) is 0.724. The van der Waals surface area contributed by atoms with Crippen LogP contribution >= 0.6 is 11.6 Å². The summed E-state index contributed by atoms with van der Waals surface area (Å²) in [5.41, 5.74) is 0.0520. The Morgan fingerprint density at radius 2 is 1.86 bits per heavy atom. The maximum atomic E-state index is 11.5. The van der Waals surface area contributed by atoms with Crippen molar-refractivity contribution in [2.24, 2.45) is 5.41 Å². The first-order valence-electron chi connectivity index (χ1n) is 5.14. The molecule has 2 unspecified atom stereocenters. The smallest absolute Gasteiger partial charge is 0.220 e. The molecule has 3 heteroatoms. The van der Waals surface area contributed by atoms with Gasteiger partial charge in [-0.1, -0.05) is 20.8 Å². The minimum Gasteiger partial charge on any atom is -0.354 e. The zero-order valence-electron chi connectivity index (χ0n) is 9.86. The molecule has 14 heavy (non-hydrogen) atoms. The van der Waals surface area contributed by atoms with Gasteiger partial charge in [0.25, 0.3) is 0 Å². The SMILES string of the molecule is CC(Cl)CC(C)NC(=O)CC(C)(C)C. The van der Waals surface area contributed by atoms with Crippen molar-refractivity contribution in [3.05, 3.63) is 0 Å². The van der Waals surface area contributed by atoms with Crippen molar-refractivity contribution in [1.29, 1.82) is 0 Å². The van der Waals surface area contributed by atoms with E-state index in [1.54, 1.807) is 0 Å². The Morgan fingerprint density at radius 1 is 1.36 bits per heavy atom. The molecule has 2 atom stereocenters. The lowest BCUT2D eigenvalue weighted by Crippen LogP contribution is -2.35. The summed E-state index contributed by atoms with van der Waals surface area (Å²) in [6.07, 6.45) is 1.38. The van der Waals surface area contributed by atoms with Crippen LogP contribution in [0.2, 0.25) is 0 Å². The highest BCUT2D eigenvalue weighted by atomic mass is 35.5. The number of halogens is 1. The highest BCUT2D eigenvalue weighted by Crippen LogP contribution is 2.18. The van der Waals surface area contributed by atoms with Gasteiger partial charge in [0.15, 0.2) is 0 Å². The molecule has 0 spiro atoms. The fourth-order valence-electron chi connectivity index (χ4n) is 1.35. The van der Waals surface area contributed by atoms with Gasteiger partial charge in [-0.3, -0.25) is 4.79 Å². The van der Waals surface area contributed by atoms with Crippen molar-refractivity contribution in [2.75, 3.05) is 0 Å². The van der Waals surface area contributed by atoms with Gasteiger partial charge in [0.1, 0.15) is 0 Å². The molecule has 0 saturated heterocycles. The summed E-state index contributed by atoms with van der Waals surface area (Å²) < 4.78 is 0. The van der Waals surface area contributed by atoms with Gasteiger partial charge in [-0.05, 0) is 25.7 Å². The van der Waals surface area contributed by atoms with Gasteiger partial charge in [-0.15, -0.1) is 11.6 Å². The van der Waals surface area contributed by atoms with E-state index in [0.717, 1.165) is 6.42 Å². The van der Waals surface area contributed by atoms with E-state index in [0.29, 0.717) is 6.42 Å². The van der Waals surface area contributed by atoms with Crippen molar-refractivity contribution < 1.29 is 4.79 Å². The highest BCUT2D eigenvalue weighted by molar-refractivity contribution is 6.20. The molecule has 0 fully saturated rings. The monoisotopic (exact) mass is 219 g/mol. The third-order valence-corrected chi connectivity index (χ3v) is 1.95. The third kappa shape index (κ3) is 8.36. The Morgan fingerprint density at radius 3 is 2.21 bits per heavy atom. The van der Waals surface area contributed by atoms with Crippen LogP contribution in [0.3, 0.4) is 0 Å². The number of amides is 1. The van der Waals surface area contributed by atoms with Gasteiger partial charge < -0.3 is 5.32 Å². The molecule has 0 aliphatic carbocycles. The van der Waals surface area contributed by atoms with Crippen molar-refractivity contribution in [1.82, 2.24) is 5.32 Å². The average Bonchev–Trinajstić information content (AvgIpc) is 1.77. The van der Waals surface area contributed by atoms with E-state index in [1.165, 1.54) is 0 Å². The molecule has 0 radical (unpaired) electrons. The molecule has 0 rings (SSSR count). The standard InChI is InChI=1S/C11H22ClNO/c1-8(12)6-9(2)13-10(14)7-11(3,4)5/h8-9H,6-7H2,1-5H3,(H,13,14). The lowest BCUT2D eigenvalue weighted by Gasteiger charge is -2.20. The summed E-state index contributed by atoms with van der Waals surface area (Å²) in [5.74, 6) is 0.113. The predicted molar refractivity (Wildman–Crippen MR) is 61.6 cm³/mol. The molecule has 2 nitrogen and oxygen atoms in total. The molecular weight excluding hydrogens is 198 g/mol. The van der Waals surface area contributed by atoms with Gasteiger partial charge >= 0.3 is 0 Å². The zero-order chi connectivity index (χ0) is 11.4. The van der Waals surface area contributed by atoms with Gasteiger partial charge in [-0.2, -0.15) is 0 Å². The summed E-state index contributed by atoms with van der Waals surface area (Å²) in [4.78, 5) is 11.5. The fraction of sp³-hybridized carbons (Fsp3) is 0.909. The first kappa shape index (κ1) is 13.8. The molecule has 0 saturated carbocycles. The molecule has 0 aromatic rings. The molecule has 1 N–H and O–H groups in total. The van der Waals surface area contributed by atoms with E-state index in [2.05, 4.69) is 26.1 Å². The summed E-state index contributed by atoms with van der Waals surface area (Å²) >= 11 is 5.84. The topological polar surface area (TPSA) is 29.1 Å². The van der Waals surface area contributed by atoms with Crippen LogP contribution in [0.15, 0.2) is 0 Å². The van der Waals surface area contributed by atoms with E-state index in [1.807, 2.05) is 13.8 Å². The summed E-state index contributed by atoms with van der Waals surface area (Å²) in [5, 5.41) is 3.06. The van der Waals surface area contributed by atoms with Crippen molar-refractivity contribution in [3.8, 4) is 0 Å². The minimum atomic E-state index is 0.0520. The average molecular weight is 220 g/mol. The first-order valence-corrected chi connectivity index (χ1v) is 5.58. The third-order valence-electron chi connectivity index (χ3n) is 1.78. The Hall–Kier alpha value is -0.240. The van der Waals surface area contributed by atoms with Crippen molar-refractivity contribution in [2.45, 2.75) is 58.9 Å². The normalized spacial score (nSPS) is 16.1. The predicted octanol–water partition coefficient (Wildman–Crippen LogP) is 2.94. The second-order valence-electron chi connectivity index (χ2n) is 5.22. The molecule has 1 amide bonds. The van der Waals surface area contributed by atoms with E-state index in [-0.39, 0.29) is 22.7 Å². The summed E-state index contributed by atoms with van der Waals surface area (Å²) in [6, 6.07) is 0.164. The number of nitrogens with one attached hydrogen (secondary N) is 1. The Kier molecular flexibility index (Phi) is 5.50. The van der Waals surface area contributed by atoms with Crippen LogP contribution < -0.4 is 5.32 Å². The van der Waals surface area contributed by atoms with Crippen LogP contribution in [0, 0.1) is 5.41 Å². The molecule has 0 bridgehead atoms. The Bertz CT molecular complexity index is 184. The molecule has 84 valence electrons. The molecule has 0 aliphatic rings. The van der Waals surface area contributed by atoms with Crippen LogP contribution in [-0.4, -0.2) is 17.3 Å². The largest absolute Gasteiger partial charge is 0.354 e. The number of hydrogen-bond donors (Lipinski definition) is 1. The van der Waals surface area contributed by atoms with E-state index in [4.69, 9.17) is 11.6 Å². The van der Waals surface area contributed by atoms with E-state index in [9.17, 15) is 4.79 Å². The van der Waals surface area contributed by atoms with Crippen LogP contribution in [0.5, 0.6) is 0 Å². The van der Waals surface area contributed by atoms with Gasteiger partial charge in [0.05, 0.1) is 0 Å². The second kappa shape index (κ2) is 5.59. The molecule has 0 aromatic carbocycles. The van der Waals surface area contributed by atoms with Gasteiger partial charge in [-0.25, -0.2) is 0 Å². The maximum Gasteiger partial charge on any atom is 0.220 e. The summed E-state index contributed by atoms with van der Waals surface area (Å²) in [6.45, 7) is 10.1. The lowest BCUT2D eigenvalue weighted by atomic mass is 9.92. The molecule has 0 heterocycles. The minimum absolute atomic E-state index is 0.0520. The first-order chi connectivity index (χ1) is 6.20.